The van der Waals surface area contributed by atoms with E-state index >= 15 is 0 Å². The minimum absolute atomic E-state index is 0. The summed E-state index contributed by atoms with van der Waals surface area (Å²) in [5.74, 6) is -7.76. The van der Waals surface area contributed by atoms with Gasteiger partial charge in [-0.15, -0.1) is 0 Å². The Balaban J connectivity index is -0.00000288. The van der Waals surface area contributed by atoms with Gasteiger partial charge in [-0.05, 0) is 0 Å². The van der Waals surface area contributed by atoms with Crippen LogP contribution in [-0.4, -0.2) is 42.7 Å². The molecule has 0 aromatic heterocycles. The maximum absolute atomic E-state index is 13.1. The van der Waals surface area contributed by atoms with Gasteiger partial charge in [0.2, 0.25) is 0 Å². The maximum Gasteiger partial charge on any atom is 1.00 e. The van der Waals surface area contributed by atoms with Crippen molar-refractivity contribution in [2.75, 3.05) is 0 Å². The molecule has 1 unspecified atom stereocenters. The molecule has 0 saturated carbocycles. The second-order valence-corrected chi connectivity index (χ2v) is 3.84. The summed E-state index contributed by atoms with van der Waals surface area (Å²) in [4.78, 5) is 0. The Morgan fingerprint density at radius 1 is 0.385 bits per heavy atom. The third-order valence-corrected chi connectivity index (χ3v) is 1.92. The fourth-order valence-electron chi connectivity index (χ4n) is 0.801. The van der Waals surface area contributed by atoms with Crippen molar-refractivity contribution in [3.05, 3.63) is 0 Å². The van der Waals surface area contributed by atoms with Crippen LogP contribution in [0, 0.1) is 0 Å². The van der Waals surface area contributed by atoms with Crippen LogP contribution in [0.4, 0.5) is 70.2 Å². The van der Waals surface area contributed by atoms with Crippen molar-refractivity contribution in [3.63, 3.8) is 0 Å². The van der Waals surface area contributed by atoms with Crippen LogP contribution in [0.2, 0.25) is 0 Å². The SMILES string of the molecule is FC(F)(F)C(F)(F)OC(F)(F)C(F)(OC(F)(F)C(F)(F)F)C(F)(F)F.[H-].[Na+]. The van der Waals surface area contributed by atoms with E-state index in [0.29, 0.717) is 0 Å². The first-order chi connectivity index (χ1) is 10.4. The molecule has 0 aliphatic heterocycles. The quantitative estimate of drug-likeness (QED) is 0.479. The predicted molar refractivity (Wildman–Crippen MR) is 40.1 cm³/mol. The Kier molecular flexibility index (Phi) is 7.89. The second-order valence-electron chi connectivity index (χ2n) is 3.84. The van der Waals surface area contributed by atoms with Crippen LogP contribution in [0.25, 0.3) is 0 Å². The zero-order chi connectivity index (χ0) is 20.9. The van der Waals surface area contributed by atoms with Gasteiger partial charge < -0.3 is 1.43 Å². The standard InChI is InChI=1S/C7F16O2.Na.H/c8-1(2(9,10)11,24-6(20,21)3(12,13)14)5(18,19)25-7(22,23)4(15,16)17;;/q;+1;-1. The molecule has 0 rings (SSSR count). The summed E-state index contributed by atoms with van der Waals surface area (Å²) in [6.07, 6.45) is -44.6. The molecule has 0 spiro atoms. The molecule has 0 radical (unpaired) electrons. The number of alkyl halides is 16. The van der Waals surface area contributed by atoms with Gasteiger partial charge >= 0.3 is 72.3 Å². The summed E-state index contributed by atoms with van der Waals surface area (Å²) in [5, 5.41) is 0. The third kappa shape index (κ3) is 5.41. The van der Waals surface area contributed by atoms with Crippen LogP contribution in [-0.2, 0) is 9.47 Å². The molecule has 0 bridgehead atoms. The number of rotatable bonds is 5. The first-order valence-corrected chi connectivity index (χ1v) is 4.84. The predicted octanol–water partition coefficient (Wildman–Crippen LogP) is 2.27. The van der Waals surface area contributed by atoms with Gasteiger partial charge in [0, 0.05) is 0 Å². The summed E-state index contributed by atoms with van der Waals surface area (Å²) < 4.78 is 196. The molecular formula is C7HF16NaO2. The van der Waals surface area contributed by atoms with Gasteiger partial charge in [-0.2, -0.15) is 70.2 Å². The Bertz CT molecular complexity index is 483. The van der Waals surface area contributed by atoms with Crippen LogP contribution in [0.1, 0.15) is 1.43 Å². The van der Waals surface area contributed by atoms with Crippen LogP contribution in [0.5, 0.6) is 0 Å². The number of hydrogen-bond donors (Lipinski definition) is 0. The molecule has 26 heavy (non-hydrogen) atoms. The second kappa shape index (κ2) is 7.32. The summed E-state index contributed by atoms with van der Waals surface area (Å²) in [5.41, 5.74) is 0. The Hall–Kier alpha value is -0.200. The van der Waals surface area contributed by atoms with E-state index in [4.69, 9.17) is 0 Å². The largest absolute Gasteiger partial charge is 1.00 e. The van der Waals surface area contributed by atoms with E-state index in [1.54, 1.807) is 0 Å². The molecular weight excluding hydrogens is 443 g/mol. The van der Waals surface area contributed by atoms with Crippen molar-refractivity contribution in [3.8, 4) is 0 Å². The number of hydrogen-bond acceptors (Lipinski definition) is 2. The Morgan fingerprint density at radius 2 is 0.654 bits per heavy atom. The van der Waals surface area contributed by atoms with Crippen molar-refractivity contribution in [1.29, 1.82) is 0 Å². The monoisotopic (exact) mass is 444 g/mol. The van der Waals surface area contributed by atoms with Crippen molar-refractivity contribution < 1.29 is 111 Å². The van der Waals surface area contributed by atoms with E-state index in [0.717, 1.165) is 0 Å². The topological polar surface area (TPSA) is 18.5 Å². The van der Waals surface area contributed by atoms with Crippen LogP contribution >= 0.6 is 0 Å². The molecule has 0 heterocycles. The van der Waals surface area contributed by atoms with Gasteiger partial charge in [-0.25, -0.2) is 4.74 Å². The summed E-state index contributed by atoms with van der Waals surface area (Å²) in [6, 6.07) is 0. The molecule has 0 N–H and O–H groups in total. The van der Waals surface area contributed by atoms with Gasteiger partial charge in [-0.3, -0.25) is 4.74 Å². The van der Waals surface area contributed by atoms with E-state index in [-0.39, 0.29) is 31.0 Å². The van der Waals surface area contributed by atoms with Crippen molar-refractivity contribution in [2.24, 2.45) is 0 Å². The molecule has 154 valence electrons. The smallest absolute Gasteiger partial charge is 1.00 e. The number of ether oxygens (including phenoxy) is 2. The zero-order valence-electron chi connectivity index (χ0n) is 12.4. The fourth-order valence-corrected chi connectivity index (χ4v) is 0.801. The maximum atomic E-state index is 13.1. The minimum atomic E-state index is -7.76. The molecule has 0 aliphatic rings. The van der Waals surface area contributed by atoms with E-state index in [2.05, 4.69) is 0 Å². The van der Waals surface area contributed by atoms with Gasteiger partial charge in [0.05, 0.1) is 0 Å². The molecule has 0 amide bonds. The van der Waals surface area contributed by atoms with Crippen molar-refractivity contribution >= 4 is 0 Å². The minimum Gasteiger partial charge on any atom is -1.00 e. The molecule has 1 atom stereocenters. The Labute approximate surface area is 154 Å². The van der Waals surface area contributed by atoms with E-state index < -0.39 is 42.7 Å². The van der Waals surface area contributed by atoms with E-state index in [9.17, 15) is 70.2 Å². The van der Waals surface area contributed by atoms with Crippen LogP contribution < -0.4 is 29.6 Å². The number of halogens is 16. The average molecular weight is 444 g/mol. The Morgan fingerprint density at radius 3 is 0.885 bits per heavy atom. The van der Waals surface area contributed by atoms with Gasteiger partial charge in [-0.1, -0.05) is 0 Å². The van der Waals surface area contributed by atoms with Gasteiger partial charge in [0.25, 0.3) is 0 Å². The first-order valence-electron chi connectivity index (χ1n) is 4.84. The van der Waals surface area contributed by atoms with E-state index in [1.807, 2.05) is 0 Å². The van der Waals surface area contributed by atoms with Crippen molar-refractivity contribution in [1.82, 2.24) is 0 Å². The fraction of sp³-hybridized carbons (Fsp3) is 1.00. The zero-order valence-corrected chi connectivity index (χ0v) is 13.4. The molecule has 0 aromatic carbocycles. The normalized spacial score (nSPS) is 17.5. The third-order valence-electron chi connectivity index (χ3n) is 1.92. The summed E-state index contributed by atoms with van der Waals surface area (Å²) in [6.45, 7) is 0. The first kappa shape index (κ1) is 28.0. The molecule has 0 aliphatic carbocycles. The average Bonchev–Trinajstić information content (AvgIpc) is 2.21. The van der Waals surface area contributed by atoms with Gasteiger partial charge in [0.1, 0.15) is 0 Å². The molecule has 0 saturated heterocycles. The van der Waals surface area contributed by atoms with Crippen molar-refractivity contribution in [2.45, 2.75) is 42.7 Å². The van der Waals surface area contributed by atoms with Crippen LogP contribution in [0.3, 0.4) is 0 Å². The van der Waals surface area contributed by atoms with E-state index in [1.165, 1.54) is 9.47 Å². The summed E-state index contributed by atoms with van der Waals surface area (Å²) in [7, 11) is 0. The molecule has 19 heteroatoms. The van der Waals surface area contributed by atoms with Crippen LogP contribution in [0.15, 0.2) is 0 Å². The molecule has 0 aromatic rings. The molecule has 0 fully saturated rings. The molecule has 2 nitrogen and oxygen atoms in total. The van der Waals surface area contributed by atoms with Gasteiger partial charge in [0.15, 0.2) is 0 Å². The summed E-state index contributed by atoms with van der Waals surface area (Å²) >= 11 is 0.